The molecule has 0 unspecified atom stereocenters. The fourth-order valence-corrected chi connectivity index (χ4v) is 2.03. The first-order valence-corrected chi connectivity index (χ1v) is 6.52. The number of carbonyl (C=O) groups excluding carboxylic acids is 1. The van der Waals surface area contributed by atoms with Gasteiger partial charge in [0.1, 0.15) is 11.3 Å². The van der Waals surface area contributed by atoms with Gasteiger partial charge in [0.2, 0.25) is 5.88 Å². The Labute approximate surface area is 125 Å². The number of aryl methyl sites for hydroxylation is 1. The molecule has 0 aliphatic carbocycles. The van der Waals surface area contributed by atoms with Crippen molar-refractivity contribution in [3.8, 4) is 0 Å². The Kier molecular flexibility index (Phi) is 4.16. The maximum atomic E-state index is 11.8. The summed E-state index contributed by atoms with van der Waals surface area (Å²) in [4.78, 5) is 23.4. The van der Waals surface area contributed by atoms with Crippen LogP contribution in [0.2, 0.25) is 10.0 Å². The number of carbonyl (C=O) groups is 1. The van der Waals surface area contributed by atoms with Crippen LogP contribution in [0.1, 0.15) is 23.0 Å². The first-order valence-electron chi connectivity index (χ1n) is 5.76. The maximum absolute atomic E-state index is 11.8. The molecule has 0 fully saturated rings. The molecule has 1 heterocycles. The van der Waals surface area contributed by atoms with Crippen LogP contribution in [0.25, 0.3) is 0 Å². The number of halogens is 2. The number of rotatable bonds is 3. The lowest BCUT2D eigenvalue weighted by molar-refractivity contribution is 0.101. The van der Waals surface area contributed by atoms with Gasteiger partial charge in [-0.05, 0) is 32.0 Å². The van der Waals surface area contributed by atoms with Gasteiger partial charge < -0.3 is 9.73 Å². The van der Waals surface area contributed by atoms with Crippen molar-refractivity contribution >= 4 is 40.6 Å². The van der Waals surface area contributed by atoms with Crippen LogP contribution < -0.4 is 10.7 Å². The van der Waals surface area contributed by atoms with E-state index in [0.717, 1.165) is 0 Å². The molecule has 2 rings (SSSR count). The molecule has 0 spiro atoms. The number of anilines is 2. The number of ketones is 1. The van der Waals surface area contributed by atoms with Crippen molar-refractivity contribution in [1.82, 2.24) is 0 Å². The van der Waals surface area contributed by atoms with E-state index in [4.69, 9.17) is 27.6 Å². The molecule has 0 aliphatic rings. The highest BCUT2D eigenvalue weighted by atomic mass is 35.5. The van der Waals surface area contributed by atoms with Gasteiger partial charge in [-0.25, -0.2) is 0 Å². The van der Waals surface area contributed by atoms with Crippen LogP contribution in [0.15, 0.2) is 33.5 Å². The highest BCUT2D eigenvalue weighted by Gasteiger charge is 2.15. The van der Waals surface area contributed by atoms with E-state index in [1.807, 2.05) is 0 Å². The summed E-state index contributed by atoms with van der Waals surface area (Å²) in [7, 11) is 0. The van der Waals surface area contributed by atoms with E-state index >= 15 is 0 Å². The zero-order chi connectivity index (χ0) is 14.9. The standard InChI is InChI=1S/C14H11Cl2NO3/c1-7-5-12(19)13(8(2)18)14(20-7)17-9-3-4-10(15)11(16)6-9/h3-6,17H,1-2H3. The minimum absolute atomic E-state index is 0.0262. The predicted octanol–water partition coefficient (Wildman–Crippen LogP) is 4.20. The summed E-state index contributed by atoms with van der Waals surface area (Å²) in [6.45, 7) is 2.94. The zero-order valence-electron chi connectivity index (χ0n) is 10.8. The number of Topliss-reactive ketones (excluding diaryl/α,β-unsaturated/α-hetero) is 1. The quantitative estimate of drug-likeness (QED) is 0.863. The van der Waals surface area contributed by atoms with Gasteiger partial charge in [-0.3, -0.25) is 9.59 Å². The Balaban J connectivity index is 2.50. The molecule has 0 saturated heterocycles. The second-order valence-electron chi connectivity index (χ2n) is 4.24. The molecule has 1 aromatic carbocycles. The normalized spacial score (nSPS) is 10.4. The van der Waals surface area contributed by atoms with Crippen LogP contribution in [0, 0.1) is 6.92 Å². The molecule has 0 radical (unpaired) electrons. The predicted molar refractivity (Wildman–Crippen MR) is 79.5 cm³/mol. The van der Waals surface area contributed by atoms with Crippen molar-refractivity contribution in [2.75, 3.05) is 5.32 Å². The summed E-state index contributed by atoms with van der Waals surface area (Å²) < 4.78 is 5.42. The minimum atomic E-state index is -0.385. The molecule has 6 heteroatoms. The highest BCUT2D eigenvalue weighted by molar-refractivity contribution is 6.42. The molecule has 2 aromatic rings. The number of hydrogen-bond donors (Lipinski definition) is 1. The Bertz CT molecular complexity index is 738. The minimum Gasteiger partial charge on any atom is -0.445 e. The van der Waals surface area contributed by atoms with Gasteiger partial charge >= 0.3 is 0 Å². The van der Waals surface area contributed by atoms with Crippen LogP contribution in [0.3, 0.4) is 0 Å². The molecular weight excluding hydrogens is 301 g/mol. The third kappa shape index (κ3) is 3.03. The molecule has 0 atom stereocenters. The maximum Gasteiger partial charge on any atom is 0.212 e. The van der Waals surface area contributed by atoms with E-state index < -0.39 is 0 Å². The highest BCUT2D eigenvalue weighted by Crippen LogP contribution is 2.27. The van der Waals surface area contributed by atoms with Crippen molar-refractivity contribution < 1.29 is 9.21 Å². The Hall–Kier alpha value is -1.78. The van der Waals surface area contributed by atoms with E-state index in [2.05, 4.69) is 5.32 Å². The fourth-order valence-electron chi connectivity index (χ4n) is 1.74. The summed E-state index contributed by atoms with van der Waals surface area (Å²) in [6.07, 6.45) is 0. The van der Waals surface area contributed by atoms with Gasteiger partial charge in [0.15, 0.2) is 11.2 Å². The fraction of sp³-hybridized carbons (Fsp3) is 0.143. The molecule has 1 aromatic heterocycles. The molecule has 0 aliphatic heterocycles. The van der Waals surface area contributed by atoms with Crippen molar-refractivity contribution in [2.45, 2.75) is 13.8 Å². The Morgan fingerprint density at radius 3 is 2.50 bits per heavy atom. The summed E-state index contributed by atoms with van der Waals surface area (Å²) >= 11 is 11.7. The topological polar surface area (TPSA) is 59.3 Å². The van der Waals surface area contributed by atoms with E-state index in [-0.39, 0.29) is 22.7 Å². The molecule has 4 nitrogen and oxygen atoms in total. The lowest BCUT2D eigenvalue weighted by Crippen LogP contribution is -2.15. The third-order valence-corrected chi connectivity index (χ3v) is 3.34. The largest absolute Gasteiger partial charge is 0.445 e. The van der Waals surface area contributed by atoms with Gasteiger partial charge in [0, 0.05) is 11.8 Å². The lowest BCUT2D eigenvalue weighted by atomic mass is 10.1. The average Bonchev–Trinajstić information content (AvgIpc) is 2.32. The number of benzene rings is 1. The Morgan fingerprint density at radius 1 is 1.20 bits per heavy atom. The first kappa shape index (κ1) is 14.6. The SMILES string of the molecule is CC(=O)c1c(Nc2ccc(Cl)c(Cl)c2)oc(C)cc1=O. The van der Waals surface area contributed by atoms with Crippen LogP contribution in [-0.4, -0.2) is 5.78 Å². The average molecular weight is 312 g/mol. The monoisotopic (exact) mass is 311 g/mol. The molecule has 0 saturated carbocycles. The van der Waals surface area contributed by atoms with Gasteiger partial charge in [0.05, 0.1) is 10.0 Å². The van der Waals surface area contributed by atoms with Crippen LogP contribution >= 0.6 is 23.2 Å². The van der Waals surface area contributed by atoms with Gasteiger partial charge in [-0.2, -0.15) is 0 Å². The van der Waals surface area contributed by atoms with Gasteiger partial charge in [-0.15, -0.1) is 0 Å². The number of nitrogens with one attached hydrogen (secondary N) is 1. The zero-order valence-corrected chi connectivity index (χ0v) is 12.3. The summed E-state index contributed by atoms with van der Waals surface area (Å²) in [6, 6.07) is 6.13. The summed E-state index contributed by atoms with van der Waals surface area (Å²) in [5, 5.41) is 3.64. The smallest absolute Gasteiger partial charge is 0.212 e. The van der Waals surface area contributed by atoms with Crippen LogP contribution in [0.4, 0.5) is 11.6 Å². The third-order valence-electron chi connectivity index (χ3n) is 2.60. The second-order valence-corrected chi connectivity index (χ2v) is 5.05. The summed E-state index contributed by atoms with van der Waals surface area (Å²) in [5.74, 6) is 0.129. The molecule has 0 amide bonds. The van der Waals surface area contributed by atoms with E-state index in [9.17, 15) is 9.59 Å². The molecular formula is C14H11Cl2NO3. The molecule has 0 bridgehead atoms. The molecule has 20 heavy (non-hydrogen) atoms. The molecule has 1 N–H and O–H groups in total. The van der Waals surface area contributed by atoms with Crippen molar-refractivity contribution in [1.29, 1.82) is 0 Å². The number of hydrogen-bond acceptors (Lipinski definition) is 4. The van der Waals surface area contributed by atoms with Crippen molar-refractivity contribution in [3.05, 3.63) is 55.9 Å². The van der Waals surface area contributed by atoms with Gasteiger partial charge in [-0.1, -0.05) is 23.2 Å². The first-order chi connectivity index (χ1) is 9.38. The van der Waals surface area contributed by atoms with Crippen molar-refractivity contribution in [3.63, 3.8) is 0 Å². The van der Waals surface area contributed by atoms with E-state index in [0.29, 0.717) is 21.5 Å². The van der Waals surface area contributed by atoms with Crippen LogP contribution in [0.5, 0.6) is 0 Å². The van der Waals surface area contributed by atoms with E-state index in [1.165, 1.54) is 13.0 Å². The molecule has 104 valence electrons. The Morgan fingerprint density at radius 2 is 1.90 bits per heavy atom. The van der Waals surface area contributed by atoms with Crippen molar-refractivity contribution in [2.24, 2.45) is 0 Å². The van der Waals surface area contributed by atoms with Crippen LogP contribution in [-0.2, 0) is 0 Å². The lowest BCUT2D eigenvalue weighted by Gasteiger charge is -2.10. The summed E-state index contributed by atoms with van der Waals surface area (Å²) in [5.41, 5.74) is 0.154. The van der Waals surface area contributed by atoms with Gasteiger partial charge in [0.25, 0.3) is 0 Å². The second kappa shape index (κ2) is 5.69. The van der Waals surface area contributed by atoms with E-state index in [1.54, 1.807) is 25.1 Å².